The normalized spacial score (nSPS) is 11.8. The lowest BCUT2D eigenvalue weighted by Gasteiger charge is -2.14. The molecule has 4 aromatic heterocycles. The summed E-state index contributed by atoms with van der Waals surface area (Å²) in [6, 6.07) is 67.1. The van der Waals surface area contributed by atoms with Gasteiger partial charge in [-0.1, -0.05) is 133 Å². The second kappa shape index (κ2) is 13.1. The van der Waals surface area contributed by atoms with E-state index in [2.05, 4.69) is 187 Å². The van der Waals surface area contributed by atoms with Gasteiger partial charge in [0, 0.05) is 70.1 Å². The van der Waals surface area contributed by atoms with Gasteiger partial charge in [0.05, 0.1) is 16.7 Å². The summed E-state index contributed by atoms with van der Waals surface area (Å²) in [6.07, 6.45) is 1.81. The molecule has 0 fully saturated rings. The van der Waals surface area contributed by atoms with Crippen molar-refractivity contribution in [3.63, 3.8) is 0 Å². The van der Waals surface area contributed by atoms with Crippen LogP contribution in [0, 0.1) is 0 Å². The van der Waals surface area contributed by atoms with E-state index in [4.69, 9.17) is 15.0 Å². The lowest BCUT2D eigenvalue weighted by Crippen LogP contribution is -1.99. The summed E-state index contributed by atoms with van der Waals surface area (Å²) in [5.74, 6) is 0.631. The number of fused-ring (bicyclic) bond motifs is 11. The molecule has 0 saturated heterocycles. The van der Waals surface area contributed by atoms with E-state index >= 15 is 0 Å². The van der Waals surface area contributed by atoms with Crippen molar-refractivity contribution in [3.05, 3.63) is 194 Å². The van der Waals surface area contributed by atoms with Crippen LogP contribution in [0.1, 0.15) is 0 Å². The molecule has 270 valence electrons. The van der Waals surface area contributed by atoms with Gasteiger partial charge < -0.3 is 4.57 Å². The minimum absolute atomic E-state index is 0.631. The van der Waals surface area contributed by atoms with E-state index in [9.17, 15) is 0 Å². The highest BCUT2D eigenvalue weighted by atomic mass is 32.1. The molecule has 4 nitrogen and oxygen atoms in total. The second-order valence-corrected chi connectivity index (χ2v) is 15.8. The summed E-state index contributed by atoms with van der Waals surface area (Å²) < 4.78 is 5.08. The zero-order valence-corrected chi connectivity index (χ0v) is 32.0. The predicted molar refractivity (Wildman–Crippen MR) is 244 cm³/mol. The summed E-state index contributed by atoms with van der Waals surface area (Å²) in [5.41, 5.74) is 11.4. The molecule has 0 aliphatic carbocycles. The Morgan fingerprint density at radius 2 is 1.03 bits per heavy atom. The van der Waals surface area contributed by atoms with Crippen molar-refractivity contribution in [2.24, 2.45) is 0 Å². The molecule has 0 atom stereocenters. The number of benzene rings is 8. The third-order valence-electron chi connectivity index (χ3n) is 11.4. The van der Waals surface area contributed by atoms with Gasteiger partial charge in [-0.25, -0.2) is 15.0 Å². The van der Waals surface area contributed by atoms with E-state index in [0.29, 0.717) is 11.5 Å². The van der Waals surface area contributed by atoms with Crippen LogP contribution in [0.5, 0.6) is 0 Å². The van der Waals surface area contributed by atoms with E-state index < -0.39 is 0 Å². The Kier molecular flexibility index (Phi) is 7.37. The fourth-order valence-corrected chi connectivity index (χ4v) is 10.1. The number of nitrogens with zero attached hydrogens (tertiary/aromatic N) is 4. The Bertz CT molecular complexity index is 3510. The maximum atomic E-state index is 5.42. The summed E-state index contributed by atoms with van der Waals surface area (Å²) in [4.78, 5) is 15.3. The smallest absolute Gasteiger partial charge is 0.163 e. The van der Waals surface area contributed by atoms with Crippen LogP contribution in [-0.4, -0.2) is 19.5 Å². The van der Waals surface area contributed by atoms with E-state index in [0.717, 1.165) is 55.7 Å². The van der Waals surface area contributed by atoms with Crippen LogP contribution < -0.4 is 0 Å². The van der Waals surface area contributed by atoms with Gasteiger partial charge in [0.2, 0.25) is 0 Å². The van der Waals surface area contributed by atoms with Crippen molar-refractivity contribution in [1.29, 1.82) is 0 Å². The van der Waals surface area contributed by atoms with Crippen molar-refractivity contribution in [2.75, 3.05) is 0 Å². The molecule has 0 N–H and O–H groups in total. The monoisotopic (exact) mass is 756 g/mol. The average molecular weight is 757 g/mol. The molecule has 0 amide bonds. The number of aromatic nitrogens is 4. The Balaban J connectivity index is 1.11. The van der Waals surface area contributed by atoms with Crippen LogP contribution >= 0.6 is 11.3 Å². The van der Waals surface area contributed by atoms with Gasteiger partial charge in [0.1, 0.15) is 0 Å². The molecule has 0 aliphatic heterocycles. The highest BCUT2D eigenvalue weighted by molar-refractivity contribution is 7.27. The first-order valence-electron chi connectivity index (χ1n) is 19.5. The third kappa shape index (κ3) is 5.11. The fraction of sp³-hybridized carbons (Fsp3) is 0. The molecule has 58 heavy (non-hydrogen) atoms. The standard InChI is InChI=1S/C53H32N4S/c1-3-15-33(16-4-1)36-29-37(34-17-5-2-6-18-34)31-38(30-36)49-44-25-14-28-54-53(44)56-52(55-49)35-19-13-20-39(32-35)57-45-26-11-9-23-42(45)47-48-43-24-10-12-27-46(43)58-51(48)41-22-8-7-21-40(41)50(47)57/h1-32H. The number of rotatable bonds is 5. The van der Waals surface area contributed by atoms with Crippen LogP contribution in [0.25, 0.3) is 114 Å². The average Bonchev–Trinajstić information content (AvgIpc) is 3.86. The van der Waals surface area contributed by atoms with Gasteiger partial charge in [-0.15, -0.1) is 11.3 Å². The fourth-order valence-electron chi connectivity index (χ4n) is 8.84. The van der Waals surface area contributed by atoms with Crippen molar-refractivity contribution in [1.82, 2.24) is 19.5 Å². The molecule has 12 aromatic rings. The topological polar surface area (TPSA) is 43.6 Å². The minimum atomic E-state index is 0.631. The maximum Gasteiger partial charge on any atom is 0.163 e. The van der Waals surface area contributed by atoms with Crippen LogP contribution in [0.2, 0.25) is 0 Å². The molecule has 12 rings (SSSR count). The van der Waals surface area contributed by atoms with Crippen molar-refractivity contribution in [3.8, 4) is 50.6 Å². The first-order chi connectivity index (χ1) is 28.8. The highest BCUT2D eigenvalue weighted by Gasteiger charge is 2.22. The Hall–Kier alpha value is -7.47. The molecule has 0 bridgehead atoms. The first kappa shape index (κ1) is 32.7. The van der Waals surface area contributed by atoms with Crippen LogP contribution in [-0.2, 0) is 0 Å². The predicted octanol–water partition coefficient (Wildman–Crippen LogP) is 14.3. The van der Waals surface area contributed by atoms with Gasteiger partial charge in [0.15, 0.2) is 11.5 Å². The lowest BCUT2D eigenvalue weighted by molar-refractivity contribution is 1.16. The molecule has 8 aromatic carbocycles. The molecule has 5 heteroatoms. The molecule has 4 heterocycles. The van der Waals surface area contributed by atoms with Crippen molar-refractivity contribution in [2.45, 2.75) is 0 Å². The minimum Gasteiger partial charge on any atom is -0.309 e. The zero-order valence-electron chi connectivity index (χ0n) is 31.2. The number of thiophene rings is 1. The van der Waals surface area contributed by atoms with E-state index in [1.54, 1.807) is 0 Å². The van der Waals surface area contributed by atoms with Crippen molar-refractivity contribution >= 4 is 75.1 Å². The Morgan fingerprint density at radius 3 is 1.81 bits per heavy atom. The number of pyridine rings is 1. The molecule has 0 saturated carbocycles. The summed E-state index contributed by atoms with van der Waals surface area (Å²) in [5, 5.41) is 8.56. The van der Waals surface area contributed by atoms with E-state index in [-0.39, 0.29) is 0 Å². The number of hydrogen-bond donors (Lipinski definition) is 0. The summed E-state index contributed by atoms with van der Waals surface area (Å²) >= 11 is 1.89. The first-order valence-corrected chi connectivity index (χ1v) is 20.3. The van der Waals surface area contributed by atoms with E-state index in [1.165, 1.54) is 47.2 Å². The Labute approximate surface area is 338 Å². The highest BCUT2D eigenvalue weighted by Crippen LogP contribution is 2.48. The third-order valence-corrected chi connectivity index (χ3v) is 12.6. The van der Waals surface area contributed by atoms with Crippen LogP contribution in [0.4, 0.5) is 0 Å². The molecule has 0 aliphatic rings. The summed E-state index contributed by atoms with van der Waals surface area (Å²) in [6.45, 7) is 0. The second-order valence-electron chi connectivity index (χ2n) is 14.8. The van der Waals surface area contributed by atoms with Gasteiger partial charge >= 0.3 is 0 Å². The SMILES string of the molecule is c1ccc(-c2cc(-c3ccccc3)cc(-c3nc(-c4cccc(-n5c6ccccc6c6c7c8ccccc8sc7c7ccccc7c65)c4)nc4ncccc34)c2)cc1. The summed E-state index contributed by atoms with van der Waals surface area (Å²) in [7, 11) is 0. The zero-order chi connectivity index (χ0) is 38.2. The van der Waals surface area contributed by atoms with Gasteiger partial charge in [-0.05, 0) is 76.9 Å². The lowest BCUT2D eigenvalue weighted by atomic mass is 9.94. The Morgan fingerprint density at radius 1 is 0.414 bits per heavy atom. The number of para-hydroxylation sites is 1. The molecule has 0 spiro atoms. The molecular formula is C53H32N4S. The quantitative estimate of drug-likeness (QED) is 0.176. The van der Waals surface area contributed by atoms with E-state index in [1.807, 2.05) is 23.6 Å². The number of hydrogen-bond acceptors (Lipinski definition) is 4. The molecule has 0 radical (unpaired) electrons. The molecule has 0 unspecified atom stereocenters. The van der Waals surface area contributed by atoms with Crippen LogP contribution in [0.15, 0.2) is 194 Å². The molecular weight excluding hydrogens is 725 g/mol. The largest absolute Gasteiger partial charge is 0.309 e. The van der Waals surface area contributed by atoms with Gasteiger partial charge in [-0.2, -0.15) is 0 Å². The van der Waals surface area contributed by atoms with Gasteiger partial charge in [0.25, 0.3) is 0 Å². The van der Waals surface area contributed by atoms with Crippen molar-refractivity contribution < 1.29 is 0 Å². The van der Waals surface area contributed by atoms with Gasteiger partial charge in [-0.3, -0.25) is 0 Å². The van der Waals surface area contributed by atoms with Crippen LogP contribution in [0.3, 0.4) is 0 Å². The maximum absolute atomic E-state index is 5.42.